The van der Waals surface area contributed by atoms with Crippen molar-refractivity contribution in [1.29, 1.82) is 5.26 Å². The number of pyridine rings is 1. The van der Waals surface area contributed by atoms with Crippen LogP contribution in [0, 0.1) is 31.0 Å². The van der Waals surface area contributed by atoms with Crippen molar-refractivity contribution in [1.82, 2.24) is 9.99 Å². The number of aromatic nitrogens is 1. The van der Waals surface area contributed by atoms with Gasteiger partial charge in [0.05, 0.1) is 18.2 Å². The van der Waals surface area contributed by atoms with Gasteiger partial charge in [0.2, 0.25) is 5.88 Å². The summed E-state index contributed by atoms with van der Waals surface area (Å²) >= 11 is 0. The Morgan fingerprint density at radius 3 is 2.87 bits per heavy atom. The minimum Gasteiger partial charge on any atom is -0.477 e. The van der Waals surface area contributed by atoms with E-state index in [9.17, 15) is 9.18 Å². The van der Waals surface area contributed by atoms with Crippen LogP contribution in [0.3, 0.4) is 0 Å². The molecule has 2 aromatic rings. The fourth-order valence-corrected chi connectivity index (χ4v) is 3.34. The molecule has 1 aromatic carbocycles. The van der Waals surface area contributed by atoms with Crippen LogP contribution in [0.4, 0.5) is 4.39 Å². The van der Waals surface area contributed by atoms with Gasteiger partial charge in [0.15, 0.2) is 0 Å². The first-order chi connectivity index (χ1) is 14.4. The van der Waals surface area contributed by atoms with E-state index in [0.29, 0.717) is 42.9 Å². The Hall–Kier alpha value is -3.53. The largest absolute Gasteiger partial charge is 0.477 e. The summed E-state index contributed by atoms with van der Waals surface area (Å²) in [5.41, 5.74) is 3.20. The topological polar surface area (TPSA) is 78.6 Å². The van der Waals surface area contributed by atoms with Gasteiger partial charge in [-0.1, -0.05) is 12.6 Å². The van der Waals surface area contributed by atoms with Crippen molar-refractivity contribution in [2.75, 3.05) is 6.61 Å². The monoisotopic (exact) mass is 406 g/mol. The van der Waals surface area contributed by atoms with Crippen LogP contribution >= 0.6 is 0 Å². The Morgan fingerprint density at radius 2 is 2.17 bits per heavy atom. The first-order valence-corrected chi connectivity index (χ1v) is 9.69. The predicted octanol–water partition coefficient (Wildman–Crippen LogP) is 4.38. The molecule has 6 nitrogen and oxygen atoms in total. The van der Waals surface area contributed by atoms with E-state index in [1.54, 1.807) is 12.3 Å². The molecule has 0 aliphatic carbocycles. The third kappa shape index (κ3) is 4.90. The molecule has 1 amide bonds. The van der Waals surface area contributed by atoms with Crippen molar-refractivity contribution in [3.8, 4) is 11.9 Å². The average Bonchev–Trinajstić information content (AvgIpc) is 3.20. The molecule has 1 aromatic heterocycles. The minimum absolute atomic E-state index is 0.275. The molecule has 7 heteroatoms. The average molecular weight is 406 g/mol. The number of carbonyl (C=O) groups is 1. The predicted molar refractivity (Wildman–Crippen MR) is 111 cm³/mol. The maximum absolute atomic E-state index is 13.8. The van der Waals surface area contributed by atoms with E-state index in [2.05, 4.69) is 16.7 Å². The van der Waals surface area contributed by atoms with Crippen molar-refractivity contribution in [3.63, 3.8) is 0 Å². The quantitative estimate of drug-likeness (QED) is 0.505. The highest BCUT2D eigenvalue weighted by Crippen LogP contribution is 2.31. The van der Waals surface area contributed by atoms with Gasteiger partial charge in [-0.05, 0) is 56.0 Å². The lowest BCUT2D eigenvalue weighted by Gasteiger charge is -2.23. The number of nitrogens with zero attached hydrogens (tertiary/aromatic N) is 4. The second kappa shape index (κ2) is 9.31. The molecule has 3 rings (SSSR count). The molecule has 1 aliphatic heterocycles. The lowest BCUT2D eigenvalue weighted by atomic mass is 10.0. The Labute approximate surface area is 175 Å². The van der Waals surface area contributed by atoms with Gasteiger partial charge < -0.3 is 4.74 Å². The Morgan fingerprint density at radius 1 is 1.37 bits per heavy atom. The van der Waals surface area contributed by atoms with Crippen molar-refractivity contribution in [2.45, 2.75) is 39.2 Å². The van der Waals surface area contributed by atoms with E-state index in [-0.39, 0.29) is 17.8 Å². The molecule has 0 N–H and O–H groups in total. The van der Waals surface area contributed by atoms with Crippen LogP contribution in [0.5, 0.6) is 5.88 Å². The van der Waals surface area contributed by atoms with Crippen LogP contribution in [0.1, 0.15) is 47.6 Å². The SMILES string of the molecule is C=C(CCCOc1ncc(C#N)cc1C)C(=O)N1N=CCC1c1cc(C)cc(F)c1. The summed E-state index contributed by atoms with van der Waals surface area (Å²) < 4.78 is 19.4. The number of benzene rings is 1. The summed E-state index contributed by atoms with van der Waals surface area (Å²) in [6, 6.07) is 8.18. The first-order valence-electron chi connectivity index (χ1n) is 9.69. The van der Waals surface area contributed by atoms with Gasteiger partial charge in [-0.25, -0.2) is 14.4 Å². The van der Waals surface area contributed by atoms with Crippen LogP contribution in [0.15, 0.2) is 47.7 Å². The Bertz CT molecular complexity index is 1020. The van der Waals surface area contributed by atoms with E-state index in [1.807, 2.05) is 26.0 Å². The van der Waals surface area contributed by atoms with E-state index in [0.717, 1.165) is 16.7 Å². The molecular formula is C23H23FN4O2. The molecule has 0 saturated heterocycles. The zero-order chi connectivity index (χ0) is 21.7. The molecule has 1 unspecified atom stereocenters. The van der Waals surface area contributed by atoms with E-state index in [4.69, 9.17) is 10.00 Å². The summed E-state index contributed by atoms with van der Waals surface area (Å²) in [6.45, 7) is 7.91. The molecule has 154 valence electrons. The number of aryl methyl sites for hydroxylation is 2. The molecule has 0 fully saturated rings. The highest BCUT2D eigenvalue weighted by molar-refractivity contribution is 5.94. The second-order valence-electron chi connectivity index (χ2n) is 7.27. The molecule has 0 bridgehead atoms. The number of carbonyl (C=O) groups excluding carboxylic acids is 1. The molecule has 1 atom stereocenters. The third-order valence-electron chi connectivity index (χ3n) is 4.81. The van der Waals surface area contributed by atoms with Gasteiger partial charge in [-0.15, -0.1) is 0 Å². The zero-order valence-corrected chi connectivity index (χ0v) is 17.1. The number of halogens is 1. The van der Waals surface area contributed by atoms with Crippen molar-refractivity contribution in [3.05, 3.63) is 70.7 Å². The number of rotatable bonds is 7. The maximum Gasteiger partial charge on any atom is 0.269 e. The van der Waals surface area contributed by atoms with E-state index in [1.165, 1.54) is 23.3 Å². The molecule has 0 spiro atoms. The fourth-order valence-electron chi connectivity index (χ4n) is 3.34. The van der Waals surface area contributed by atoms with Crippen molar-refractivity contribution >= 4 is 12.1 Å². The molecule has 0 radical (unpaired) electrons. The highest BCUT2D eigenvalue weighted by Gasteiger charge is 2.29. The maximum atomic E-state index is 13.8. The summed E-state index contributed by atoms with van der Waals surface area (Å²) in [5, 5.41) is 14.4. The standard InChI is InChI=1S/C23H23FN4O2/c1-15-9-19(12-20(24)10-15)21-6-7-27-28(21)23(29)16(2)5-4-8-30-22-17(3)11-18(13-25)14-26-22/h7,9-12,14,21H,2,4-6,8H2,1,3H3. The van der Waals surface area contributed by atoms with Gasteiger partial charge >= 0.3 is 0 Å². The van der Waals surface area contributed by atoms with Gasteiger partial charge in [0, 0.05) is 30.0 Å². The lowest BCUT2D eigenvalue weighted by Crippen LogP contribution is -2.28. The van der Waals surface area contributed by atoms with E-state index >= 15 is 0 Å². The number of hydrogen-bond acceptors (Lipinski definition) is 5. The highest BCUT2D eigenvalue weighted by atomic mass is 19.1. The zero-order valence-electron chi connectivity index (χ0n) is 17.1. The number of amides is 1. The van der Waals surface area contributed by atoms with Crippen LogP contribution in [0.25, 0.3) is 0 Å². The summed E-state index contributed by atoms with van der Waals surface area (Å²) in [4.78, 5) is 17.0. The summed E-state index contributed by atoms with van der Waals surface area (Å²) in [6.07, 6.45) is 4.68. The number of hydrogen-bond donors (Lipinski definition) is 0. The smallest absolute Gasteiger partial charge is 0.269 e. The fraction of sp³-hybridized carbons (Fsp3) is 0.304. The number of hydrazone groups is 1. The van der Waals surface area contributed by atoms with Gasteiger partial charge in [-0.2, -0.15) is 10.4 Å². The van der Waals surface area contributed by atoms with Crippen LogP contribution in [-0.4, -0.2) is 28.7 Å². The van der Waals surface area contributed by atoms with Gasteiger partial charge in [0.25, 0.3) is 5.91 Å². The second-order valence-corrected chi connectivity index (χ2v) is 7.27. The van der Waals surface area contributed by atoms with Gasteiger partial charge in [0.1, 0.15) is 11.9 Å². The Balaban J connectivity index is 1.54. The van der Waals surface area contributed by atoms with E-state index < -0.39 is 0 Å². The molecule has 2 heterocycles. The van der Waals surface area contributed by atoms with Crippen molar-refractivity contribution in [2.24, 2.45) is 5.10 Å². The van der Waals surface area contributed by atoms with Crippen LogP contribution in [-0.2, 0) is 4.79 Å². The number of nitriles is 1. The minimum atomic E-state index is -0.328. The first kappa shape index (κ1) is 21.2. The number of ether oxygens (including phenoxy) is 1. The lowest BCUT2D eigenvalue weighted by molar-refractivity contribution is -0.129. The molecular weight excluding hydrogens is 383 g/mol. The third-order valence-corrected chi connectivity index (χ3v) is 4.81. The molecule has 1 aliphatic rings. The Kier molecular flexibility index (Phi) is 6.58. The normalized spacial score (nSPS) is 15.1. The van der Waals surface area contributed by atoms with Crippen LogP contribution in [0.2, 0.25) is 0 Å². The molecule has 30 heavy (non-hydrogen) atoms. The van der Waals surface area contributed by atoms with Gasteiger partial charge in [-0.3, -0.25) is 4.79 Å². The van der Waals surface area contributed by atoms with Crippen molar-refractivity contribution < 1.29 is 13.9 Å². The van der Waals surface area contributed by atoms with Crippen LogP contribution < -0.4 is 4.74 Å². The molecule has 0 saturated carbocycles. The summed E-state index contributed by atoms with van der Waals surface area (Å²) in [7, 11) is 0. The summed E-state index contributed by atoms with van der Waals surface area (Å²) in [5.74, 6) is -0.132.